The Morgan fingerprint density at radius 1 is 1.32 bits per heavy atom. The van der Waals surface area contributed by atoms with Gasteiger partial charge >= 0.3 is 0 Å². The second kappa shape index (κ2) is 6.71. The highest BCUT2D eigenvalue weighted by Crippen LogP contribution is 2.40. The van der Waals surface area contributed by atoms with Crippen molar-refractivity contribution in [2.75, 3.05) is 12.4 Å². The molecule has 0 fully saturated rings. The summed E-state index contributed by atoms with van der Waals surface area (Å²) in [6.07, 6.45) is 3.29. The molecule has 0 spiro atoms. The van der Waals surface area contributed by atoms with Crippen molar-refractivity contribution in [1.82, 2.24) is 0 Å². The zero-order valence-electron chi connectivity index (χ0n) is 15.2. The predicted octanol–water partition coefficient (Wildman–Crippen LogP) is 4.87. The number of carbonyl (C=O) groups is 1. The molecule has 1 aliphatic carbocycles. The number of ether oxygens (including phenoxy) is 1. The van der Waals surface area contributed by atoms with Crippen LogP contribution in [0.3, 0.4) is 0 Å². The molecule has 1 unspecified atom stereocenters. The molecule has 0 saturated heterocycles. The lowest BCUT2D eigenvalue weighted by Gasteiger charge is -2.33. The highest BCUT2D eigenvalue weighted by Gasteiger charge is 2.30. The second-order valence-electron chi connectivity index (χ2n) is 7.71. The maximum atomic E-state index is 12.6. The summed E-state index contributed by atoms with van der Waals surface area (Å²) in [5, 5.41) is 12.7. The number of carbonyl (C=O) groups excluding carboxylic acids is 1. The van der Waals surface area contributed by atoms with Crippen LogP contribution in [0.4, 0.5) is 5.69 Å². The molecule has 2 N–H and O–H groups in total. The summed E-state index contributed by atoms with van der Waals surface area (Å²) in [7, 11) is 1.49. The van der Waals surface area contributed by atoms with E-state index in [1.807, 2.05) is 6.07 Å². The van der Waals surface area contributed by atoms with E-state index in [9.17, 15) is 9.90 Å². The minimum absolute atomic E-state index is 0.0128. The van der Waals surface area contributed by atoms with Crippen molar-refractivity contribution in [2.45, 2.75) is 40.0 Å². The summed E-state index contributed by atoms with van der Waals surface area (Å²) < 4.78 is 5.02. The van der Waals surface area contributed by atoms with E-state index in [2.05, 4.69) is 26.1 Å². The third-order valence-corrected chi connectivity index (χ3v) is 6.20. The number of thiophene rings is 1. The molecular weight excluding hydrogens is 334 g/mol. The van der Waals surface area contributed by atoms with Crippen LogP contribution in [-0.4, -0.2) is 18.1 Å². The number of hydrogen-bond donors (Lipinski definition) is 2. The van der Waals surface area contributed by atoms with Crippen molar-refractivity contribution < 1.29 is 14.6 Å². The number of rotatable bonds is 3. The number of phenolic OH excluding ortho intramolecular Hbond substituents is 1. The molecule has 0 saturated carbocycles. The van der Waals surface area contributed by atoms with Gasteiger partial charge in [-0.25, -0.2) is 0 Å². The third kappa shape index (κ3) is 3.82. The van der Waals surface area contributed by atoms with Crippen molar-refractivity contribution in [3.63, 3.8) is 0 Å². The fraction of sp³-hybridized carbons (Fsp3) is 0.450. The maximum absolute atomic E-state index is 12.6. The average Bonchev–Trinajstić information content (AvgIpc) is 2.97. The number of phenols is 1. The SMILES string of the molecule is COc1ccc(NC(=O)c2cc3c(s2)CCC(C(C)(C)C)C3)cc1O. The van der Waals surface area contributed by atoms with Crippen LogP contribution in [0.25, 0.3) is 0 Å². The molecule has 2 aromatic rings. The summed E-state index contributed by atoms with van der Waals surface area (Å²) >= 11 is 1.59. The number of aromatic hydroxyl groups is 1. The molecule has 1 aromatic heterocycles. The van der Waals surface area contributed by atoms with E-state index in [-0.39, 0.29) is 11.7 Å². The van der Waals surface area contributed by atoms with Gasteiger partial charge in [0.1, 0.15) is 0 Å². The highest BCUT2D eigenvalue weighted by molar-refractivity contribution is 7.14. The molecule has 4 nitrogen and oxygen atoms in total. The molecule has 1 aromatic carbocycles. The van der Waals surface area contributed by atoms with Gasteiger partial charge in [0.2, 0.25) is 0 Å². The van der Waals surface area contributed by atoms with Crippen LogP contribution in [0.1, 0.15) is 47.3 Å². The fourth-order valence-electron chi connectivity index (χ4n) is 3.34. The van der Waals surface area contributed by atoms with Crippen LogP contribution < -0.4 is 10.1 Å². The van der Waals surface area contributed by atoms with Crippen molar-refractivity contribution in [3.05, 3.63) is 39.6 Å². The molecule has 3 rings (SSSR count). The smallest absolute Gasteiger partial charge is 0.265 e. The molecule has 1 amide bonds. The summed E-state index contributed by atoms with van der Waals surface area (Å²) in [5.41, 5.74) is 2.17. The number of methoxy groups -OCH3 is 1. The number of amides is 1. The topological polar surface area (TPSA) is 58.6 Å². The van der Waals surface area contributed by atoms with Crippen LogP contribution in [0.5, 0.6) is 11.5 Å². The summed E-state index contributed by atoms with van der Waals surface area (Å²) in [6.45, 7) is 6.87. The van der Waals surface area contributed by atoms with Crippen molar-refractivity contribution in [1.29, 1.82) is 0 Å². The lowest BCUT2D eigenvalue weighted by molar-refractivity contribution is 0.103. The molecule has 134 valence electrons. The van der Waals surface area contributed by atoms with Crippen molar-refractivity contribution in [2.24, 2.45) is 11.3 Å². The standard InChI is InChI=1S/C20H25NO3S/c1-20(2,3)13-5-8-17-12(9-13)10-18(25-17)19(23)21-14-6-7-16(24-4)15(22)11-14/h6-7,10-11,13,22H,5,8-9H2,1-4H3,(H,21,23). The highest BCUT2D eigenvalue weighted by atomic mass is 32.1. The van der Waals surface area contributed by atoms with Gasteiger partial charge in [-0.2, -0.15) is 0 Å². The Morgan fingerprint density at radius 3 is 2.72 bits per heavy atom. The largest absolute Gasteiger partial charge is 0.504 e. The van der Waals surface area contributed by atoms with Crippen LogP contribution in [-0.2, 0) is 12.8 Å². The third-order valence-electron chi connectivity index (χ3n) is 4.97. The fourth-order valence-corrected chi connectivity index (χ4v) is 4.44. The van der Waals surface area contributed by atoms with Gasteiger partial charge in [0.25, 0.3) is 5.91 Å². The molecule has 0 aliphatic heterocycles. The molecule has 0 radical (unpaired) electrons. The summed E-state index contributed by atoms with van der Waals surface area (Å²) in [4.78, 5) is 14.6. The van der Waals surface area contributed by atoms with Gasteiger partial charge in [-0.3, -0.25) is 4.79 Å². The Bertz CT molecular complexity index is 789. The van der Waals surface area contributed by atoms with Crippen LogP contribution in [0.15, 0.2) is 24.3 Å². The Labute approximate surface area is 152 Å². The van der Waals surface area contributed by atoms with E-state index in [1.165, 1.54) is 30.0 Å². The van der Waals surface area contributed by atoms with Crippen LogP contribution >= 0.6 is 11.3 Å². The Morgan fingerprint density at radius 2 is 2.08 bits per heavy atom. The number of benzene rings is 1. The van der Waals surface area contributed by atoms with E-state index in [4.69, 9.17) is 4.74 Å². The maximum Gasteiger partial charge on any atom is 0.265 e. The summed E-state index contributed by atoms with van der Waals surface area (Å²) in [6, 6.07) is 6.90. The Balaban J connectivity index is 1.74. The number of fused-ring (bicyclic) bond motifs is 1. The summed E-state index contributed by atoms with van der Waals surface area (Å²) in [5.74, 6) is 0.928. The van der Waals surface area contributed by atoms with Gasteiger partial charge in [0, 0.05) is 16.6 Å². The van der Waals surface area contributed by atoms with Crippen LogP contribution in [0, 0.1) is 11.3 Å². The van der Waals surface area contributed by atoms with E-state index in [0.717, 1.165) is 17.7 Å². The lowest BCUT2D eigenvalue weighted by atomic mass is 9.72. The molecule has 0 bridgehead atoms. The first-order valence-corrected chi connectivity index (χ1v) is 9.39. The molecule has 1 atom stereocenters. The number of hydrogen-bond acceptors (Lipinski definition) is 4. The molecule has 1 aliphatic rings. The van der Waals surface area contributed by atoms with Gasteiger partial charge in [0.05, 0.1) is 12.0 Å². The van der Waals surface area contributed by atoms with Crippen molar-refractivity contribution in [3.8, 4) is 11.5 Å². The zero-order chi connectivity index (χ0) is 18.2. The number of nitrogens with one attached hydrogen (secondary N) is 1. The first-order chi connectivity index (χ1) is 11.8. The minimum atomic E-state index is -0.128. The average molecular weight is 359 g/mol. The molecule has 25 heavy (non-hydrogen) atoms. The number of anilines is 1. The van der Waals surface area contributed by atoms with Gasteiger partial charge in [0.15, 0.2) is 11.5 Å². The quantitative estimate of drug-likeness (QED) is 0.822. The first-order valence-electron chi connectivity index (χ1n) is 8.58. The second-order valence-corrected chi connectivity index (χ2v) is 8.84. The lowest BCUT2D eigenvalue weighted by Crippen LogP contribution is -2.26. The normalized spacial score (nSPS) is 17.0. The number of aryl methyl sites for hydroxylation is 1. The van der Waals surface area contributed by atoms with Gasteiger partial charge < -0.3 is 15.2 Å². The molecule has 1 heterocycles. The van der Waals surface area contributed by atoms with E-state index < -0.39 is 0 Å². The van der Waals surface area contributed by atoms with Gasteiger partial charge in [-0.15, -0.1) is 11.3 Å². The van der Waals surface area contributed by atoms with Gasteiger partial charge in [-0.05, 0) is 54.4 Å². The monoisotopic (exact) mass is 359 g/mol. The van der Waals surface area contributed by atoms with E-state index >= 15 is 0 Å². The zero-order valence-corrected chi connectivity index (χ0v) is 16.0. The first kappa shape index (κ1) is 17.8. The Hall–Kier alpha value is -2.01. The predicted molar refractivity (Wildman–Crippen MR) is 102 cm³/mol. The molecular formula is C20H25NO3S. The Kier molecular flexibility index (Phi) is 4.78. The van der Waals surface area contributed by atoms with Crippen LogP contribution in [0.2, 0.25) is 0 Å². The molecule has 5 heteroatoms. The van der Waals surface area contributed by atoms with Gasteiger partial charge in [-0.1, -0.05) is 20.8 Å². The van der Waals surface area contributed by atoms with Crippen molar-refractivity contribution >= 4 is 22.9 Å². The van der Waals surface area contributed by atoms with E-state index in [1.54, 1.807) is 23.5 Å². The van der Waals surface area contributed by atoms with E-state index in [0.29, 0.717) is 22.8 Å². The minimum Gasteiger partial charge on any atom is -0.504 e.